The molecule has 0 aliphatic carbocycles. The first-order valence-corrected chi connectivity index (χ1v) is 8.83. The van der Waals surface area contributed by atoms with Gasteiger partial charge < -0.3 is 4.90 Å². The maximum Gasteiger partial charge on any atom is 0.281 e. The Morgan fingerprint density at radius 1 is 1.04 bits per heavy atom. The van der Waals surface area contributed by atoms with Gasteiger partial charge in [0, 0.05) is 17.4 Å². The van der Waals surface area contributed by atoms with E-state index in [4.69, 9.17) is 0 Å². The molecule has 2 aromatic carbocycles. The Balaban J connectivity index is 2.01. The van der Waals surface area contributed by atoms with Crippen LogP contribution in [0.15, 0.2) is 47.3 Å². The van der Waals surface area contributed by atoms with E-state index >= 15 is 0 Å². The molecule has 3 rings (SSSR count). The van der Waals surface area contributed by atoms with E-state index in [1.165, 1.54) is 16.9 Å². The second-order valence-corrected chi connectivity index (χ2v) is 8.17. The van der Waals surface area contributed by atoms with Gasteiger partial charge in [-0.1, -0.05) is 55.9 Å². The highest BCUT2D eigenvalue weighted by Crippen LogP contribution is 2.30. The van der Waals surface area contributed by atoms with E-state index in [0.717, 1.165) is 16.0 Å². The van der Waals surface area contributed by atoms with Crippen molar-refractivity contribution >= 4 is 32.2 Å². The van der Waals surface area contributed by atoms with Crippen molar-refractivity contribution in [2.45, 2.75) is 33.1 Å². The van der Waals surface area contributed by atoms with Crippen LogP contribution in [0.4, 0.5) is 10.8 Å². The summed E-state index contributed by atoms with van der Waals surface area (Å²) in [4.78, 5) is 18.6. The normalized spacial score (nSPS) is 11.7. The van der Waals surface area contributed by atoms with Gasteiger partial charge in [-0.15, -0.1) is 0 Å². The fourth-order valence-electron chi connectivity index (χ4n) is 2.61. The Kier molecular flexibility index (Phi) is 4.18. The van der Waals surface area contributed by atoms with Crippen LogP contribution in [0.25, 0.3) is 10.1 Å². The number of rotatable bonds is 2. The molecule has 0 aliphatic rings. The Morgan fingerprint density at radius 3 is 2.33 bits per heavy atom. The fourth-order valence-corrected chi connectivity index (χ4v) is 3.57. The highest BCUT2D eigenvalue weighted by atomic mass is 32.1. The SMILES string of the molecule is Cc1ccc2sc(N(C)c3ccc(C(C)(C)C)cc3)nc(=O)c2c1. The Hall–Kier alpha value is -2.20. The number of hydrogen-bond donors (Lipinski definition) is 0. The molecule has 0 unspecified atom stereocenters. The third kappa shape index (κ3) is 3.20. The highest BCUT2D eigenvalue weighted by molar-refractivity contribution is 7.21. The zero-order valence-corrected chi connectivity index (χ0v) is 15.6. The third-order valence-corrected chi connectivity index (χ3v) is 5.30. The molecule has 0 amide bonds. The lowest BCUT2D eigenvalue weighted by Gasteiger charge is -2.22. The molecule has 1 aromatic heterocycles. The van der Waals surface area contributed by atoms with E-state index in [9.17, 15) is 4.79 Å². The third-order valence-electron chi connectivity index (χ3n) is 4.17. The molecule has 124 valence electrons. The number of hydrogen-bond acceptors (Lipinski definition) is 4. The first-order chi connectivity index (χ1) is 11.3. The summed E-state index contributed by atoms with van der Waals surface area (Å²) < 4.78 is 0.966. The highest BCUT2D eigenvalue weighted by Gasteiger charge is 2.15. The molecule has 24 heavy (non-hydrogen) atoms. The summed E-state index contributed by atoms with van der Waals surface area (Å²) in [6, 6.07) is 14.4. The standard InChI is InChI=1S/C20H22N2OS/c1-13-6-11-17-16(12-13)18(23)21-19(24-17)22(5)15-9-7-14(8-10-15)20(2,3)4/h6-12H,1-5H3. The quantitative estimate of drug-likeness (QED) is 0.657. The maximum absolute atomic E-state index is 12.3. The molecule has 0 saturated heterocycles. The average Bonchev–Trinajstić information content (AvgIpc) is 2.54. The van der Waals surface area contributed by atoms with Gasteiger partial charge in [0.05, 0.1) is 5.39 Å². The summed E-state index contributed by atoms with van der Waals surface area (Å²) in [7, 11) is 1.95. The monoisotopic (exact) mass is 338 g/mol. The molecule has 1 heterocycles. The zero-order chi connectivity index (χ0) is 17.5. The van der Waals surface area contributed by atoms with Crippen molar-refractivity contribution in [1.82, 2.24) is 4.98 Å². The van der Waals surface area contributed by atoms with E-state index in [1.807, 2.05) is 37.1 Å². The molecule has 0 aliphatic heterocycles. The summed E-state index contributed by atoms with van der Waals surface area (Å²) in [5.74, 6) is 0. The van der Waals surface area contributed by atoms with E-state index in [-0.39, 0.29) is 11.0 Å². The maximum atomic E-state index is 12.3. The van der Waals surface area contributed by atoms with Crippen LogP contribution in [-0.4, -0.2) is 12.0 Å². The molecule has 0 radical (unpaired) electrons. The summed E-state index contributed by atoms with van der Waals surface area (Å²) >= 11 is 1.54. The fraction of sp³-hybridized carbons (Fsp3) is 0.300. The molecule has 3 aromatic rings. The minimum atomic E-state index is -0.166. The number of aromatic nitrogens is 1. The molecule has 0 fully saturated rings. The number of anilines is 2. The Bertz CT molecular complexity index is 936. The molecule has 3 nitrogen and oxygen atoms in total. The number of benzene rings is 2. The van der Waals surface area contributed by atoms with E-state index < -0.39 is 0 Å². The number of nitrogens with zero attached hydrogens (tertiary/aromatic N) is 2. The van der Waals surface area contributed by atoms with Crippen LogP contribution < -0.4 is 10.5 Å². The summed E-state index contributed by atoms with van der Waals surface area (Å²) in [5.41, 5.74) is 3.35. The average molecular weight is 338 g/mol. The van der Waals surface area contributed by atoms with Crippen LogP contribution in [0, 0.1) is 6.92 Å². The van der Waals surface area contributed by atoms with Gasteiger partial charge in [-0.3, -0.25) is 4.79 Å². The van der Waals surface area contributed by atoms with Crippen molar-refractivity contribution in [3.8, 4) is 0 Å². The smallest absolute Gasteiger partial charge is 0.281 e. The predicted octanol–water partition coefficient (Wildman–Crippen LogP) is 5.03. The van der Waals surface area contributed by atoms with Gasteiger partial charge in [0.1, 0.15) is 0 Å². The largest absolute Gasteiger partial charge is 0.321 e. The summed E-state index contributed by atoms with van der Waals surface area (Å²) in [5, 5.41) is 1.40. The van der Waals surface area contributed by atoms with Gasteiger partial charge in [-0.2, -0.15) is 4.98 Å². The molecular formula is C20H22N2OS. The van der Waals surface area contributed by atoms with Crippen LogP contribution in [0.1, 0.15) is 31.9 Å². The molecule has 0 N–H and O–H groups in total. The van der Waals surface area contributed by atoms with Crippen LogP contribution in [0.3, 0.4) is 0 Å². The van der Waals surface area contributed by atoms with Crippen molar-refractivity contribution in [2.24, 2.45) is 0 Å². The van der Waals surface area contributed by atoms with Crippen LogP contribution >= 0.6 is 11.3 Å². The molecule has 4 heteroatoms. The molecule has 0 spiro atoms. The van der Waals surface area contributed by atoms with Gasteiger partial charge in [0.2, 0.25) is 0 Å². The lowest BCUT2D eigenvalue weighted by atomic mass is 9.87. The van der Waals surface area contributed by atoms with E-state index in [2.05, 4.69) is 50.0 Å². The zero-order valence-electron chi connectivity index (χ0n) is 14.8. The van der Waals surface area contributed by atoms with Crippen molar-refractivity contribution in [2.75, 3.05) is 11.9 Å². The van der Waals surface area contributed by atoms with Crippen molar-refractivity contribution in [1.29, 1.82) is 0 Å². The van der Waals surface area contributed by atoms with Gasteiger partial charge in [-0.05, 0) is 42.2 Å². The van der Waals surface area contributed by atoms with Crippen LogP contribution in [-0.2, 0) is 5.41 Å². The van der Waals surface area contributed by atoms with Crippen molar-refractivity contribution < 1.29 is 0 Å². The van der Waals surface area contributed by atoms with Gasteiger partial charge in [0.25, 0.3) is 5.56 Å². The number of fused-ring (bicyclic) bond motifs is 1. The minimum absolute atomic E-state index is 0.126. The molecule has 0 atom stereocenters. The Morgan fingerprint density at radius 2 is 1.71 bits per heavy atom. The molecule has 0 bridgehead atoms. The topological polar surface area (TPSA) is 33.2 Å². The van der Waals surface area contributed by atoms with Gasteiger partial charge in [-0.25, -0.2) is 0 Å². The lowest BCUT2D eigenvalue weighted by Crippen LogP contribution is -2.16. The summed E-state index contributed by atoms with van der Waals surface area (Å²) in [6.45, 7) is 8.58. The summed E-state index contributed by atoms with van der Waals surface area (Å²) in [6.07, 6.45) is 0. The van der Waals surface area contributed by atoms with E-state index in [1.54, 1.807) is 0 Å². The van der Waals surface area contributed by atoms with Gasteiger partial charge in [0.15, 0.2) is 5.13 Å². The molecular weight excluding hydrogens is 316 g/mol. The number of aryl methyl sites for hydroxylation is 1. The first-order valence-electron chi connectivity index (χ1n) is 8.01. The first kappa shape index (κ1) is 16.7. The Labute approximate surface area is 146 Å². The van der Waals surface area contributed by atoms with Crippen LogP contribution in [0.5, 0.6) is 0 Å². The van der Waals surface area contributed by atoms with Crippen LogP contribution in [0.2, 0.25) is 0 Å². The lowest BCUT2D eigenvalue weighted by molar-refractivity contribution is 0.590. The van der Waals surface area contributed by atoms with Crippen molar-refractivity contribution in [3.63, 3.8) is 0 Å². The van der Waals surface area contributed by atoms with Crippen molar-refractivity contribution in [3.05, 3.63) is 63.9 Å². The molecule has 0 saturated carbocycles. The second kappa shape index (κ2) is 6.02. The second-order valence-electron chi connectivity index (χ2n) is 7.16. The van der Waals surface area contributed by atoms with Gasteiger partial charge >= 0.3 is 0 Å². The predicted molar refractivity (Wildman–Crippen MR) is 104 cm³/mol. The minimum Gasteiger partial charge on any atom is -0.321 e. The van der Waals surface area contributed by atoms with E-state index in [0.29, 0.717) is 10.5 Å².